The maximum Gasteiger partial charge on any atom is 0.261 e. The molecule has 39 heavy (non-hydrogen) atoms. The molecule has 1 heterocycles. The molecular formula is C30H34ClN3O5. The van der Waals surface area contributed by atoms with E-state index in [1.165, 1.54) is 0 Å². The number of carbonyl (C=O) groups is 2. The highest BCUT2D eigenvalue weighted by Gasteiger charge is 2.32. The fraction of sp³-hybridized carbons (Fsp3) is 0.333. The second kappa shape index (κ2) is 14.5. The second-order valence-corrected chi connectivity index (χ2v) is 9.55. The summed E-state index contributed by atoms with van der Waals surface area (Å²) in [7, 11) is 1.60. The molecule has 2 amide bonds. The zero-order valence-electron chi connectivity index (χ0n) is 22.1. The van der Waals surface area contributed by atoms with Gasteiger partial charge in [-0.2, -0.15) is 0 Å². The summed E-state index contributed by atoms with van der Waals surface area (Å²) in [6.45, 7) is 4.14. The molecule has 1 aliphatic heterocycles. The molecule has 1 aliphatic rings. The number of hydrogen-bond acceptors (Lipinski definition) is 6. The zero-order chi connectivity index (χ0) is 27.5. The minimum atomic E-state index is -0.861. The largest absolute Gasteiger partial charge is 0.497 e. The predicted molar refractivity (Wildman–Crippen MR) is 150 cm³/mol. The number of halogens is 1. The average molecular weight is 552 g/mol. The maximum absolute atomic E-state index is 13.7. The van der Waals surface area contributed by atoms with Crippen molar-refractivity contribution in [1.29, 1.82) is 0 Å². The third-order valence-electron chi connectivity index (χ3n) is 6.53. The Kier molecular flexibility index (Phi) is 10.6. The molecule has 0 bridgehead atoms. The van der Waals surface area contributed by atoms with Crippen molar-refractivity contribution in [2.24, 2.45) is 0 Å². The number of benzene rings is 3. The Bertz CT molecular complexity index is 1200. The summed E-state index contributed by atoms with van der Waals surface area (Å²) in [5.74, 6) is 0.513. The van der Waals surface area contributed by atoms with E-state index < -0.39 is 6.04 Å². The van der Waals surface area contributed by atoms with Crippen LogP contribution in [0.4, 0.5) is 0 Å². The van der Waals surface area contributed by atoms with Gasteiger partial charge in [0.1, 0.15) is 17.5 Å². The minimum Gasteiger partial charge on any atom is -0.497 e. The molecule has 8 nitrogen and oxygen atoms in total. The van der Waals surface area contributed by atoms with Gasteiger partial charge in [0.05, 0.1) is 25.3 Å². The standard InChI is InChI=1S/C30H34ClN3O5/c1-37-25-13-11-23(12-14-25)21-34(28(35)22-39-27-10-6-5-9-26(27)31)29(24-7-3-2-4-8-24)30(36)32-15-16-33-17-19-38-20-18-33/h2-14,29H,15-22H2,1H3,(H,32,36)/t29-/m0/s1. The van der Waals surface area contributed by atoms with Gasteiger partial charge in [0.15, 0.2) is 6.61 Å². The highest BCUT2D eigenvalue weighted by Crippen LogP contribution is 2.27. The van der Waals surface area contributed by atoms with Crippen LogP contribution in [0.1, 0.15) is 17.2 Å². The van der Waals surface area contributed by atoms with Crippen LogP contribution in [-0.4, -0.2) is 74.7 Å². The third kappa shape index (κ3) is 8.20. The van der Waals surface area contributed by atoms with E-state index in [9.17, 15) is 9.59 Å². The molecular weight excluding hydrogens is 518 g/mol. The predicted octanol–water partition coefficient (Wildman–Crippen LogP) is 3.95. The monoisotopic (exact) mass is 551 g/mol. The van der Waals surface area contributed by atoms with Crippen LogP contribution in [0.3, 0.4) is 0 Å². The molecule has 0 unspecified atom stereocenters. The van der Waals surface area contributed by atoms with Gasteiger partial charge in [0.2, 0.25) is 5.91 Å². The Labute approximate surface area is 234 Å². The molecule has 0 aromatic heterocycles. The summed E-state index contributed by atoms with van der Waals surface area (Å²) < 4.78 is 16.5. The van der Waals surface area contributed by atoms with Gasteiger partial charge in [-0.25, -0.2) is 0 Å². The van der Waals surface area contributed by atoms with Crippen molar-refractivity contribution in [3.63, 3.8) is 0 Å². The summed E-state index contributed by atoms with van der Waals surface area (Å²) in [6, 6.07) is 22.9. The van der Waals surface area contributed by atoms with E-state index in [1.54, 1.807) is 36.3 Å². The third-order valence-corrected chi connectivity index (χ3v) is 6.84. The molecule has 3 aromatic rings. The first-order valence-corrected chi connectivity index (χ1v) is 13.4. The van der Waals surface area contributed by atoms with Gasteiger partial charge >= 0.3 is 0 Å². The normalized spacial score (nSPS) is 14.3. The number of methoxy groups -OCH3 is 1. The minimum absolute atomic E-state index is 0.200. The van der Waals surface area contributed by atoms with E-state index >= 15 is 0 Å². The van der Waals surface area contributed by atoms with Crippen molar-refractivity contribution in [2.75, 3.05) is 53.1 Å². The Morgan fingerprint density at radius 1 is 1.00 bits per heavy atom. The van der Waals surface area contributed by atoms with Crippen molar-refractivity contribution < 1.29 is 23.8 Å². The van der Waals surface area contributed by atoms with Crippen LogP contribution in [0.15, 0.2) is 78.9 Å². The summed E-state index contributed by atoms with van der Waals surface area (Å²) in [5.41, 5.74) is 1.56. The topological polar surface area (TPSA) is 80.3 Å². The Hall–Kier alpha value is -3.59. The number of ether oxygens (including phenoxy) is 3. The SMILES string of the molecule is COc1ccc(CN(C(=O)COc2ccccc2Cl)[C@H](C(=O)NCCN2CCOCC2)c2ccccc2)cc1. The quantitative estimate of drug-likeness (QED) is 0.367. The van der Waals surface area contributed by atoms with Crippen molar-refractivity contribution in [3.05, 3.63) is 95.0 Å². The molecule has 1 saturated heterocycles. The molecule has 0 aliphatic carbocycles. The lowest BCUT2D eigenvalue weighted by Crippen LogP contribution is -2.47. The van der Waals surface area contributed by atoms with Crippen LogP contribution >= 0.6 is 11.6 Å². The van der Waals surface area contributed by atoms with Crippen LogP contribution in [0.5, 0.6) is 11.5 Å². The van der Waals surface area contributed by atoms with Crippen LogP contribution in [0.25, 0.3) is 0 Å². The van der Waals surface area contributed by atoms with Gasteiger partial charge in [-0.05, 0) is 35.4 Å². The van der Waals surface area contributed by atoms with Gasteiger partial charge in [0, 0.05) is 32.7 Å². The van der Waals surface area contributed by atoms with E-state index in [0.717, 1.165) is 18.7 Å². The Morgan fingerprint density at radius 2 is 1.69 bits per heavy atom. The van der Waals surface area contributed by atoms with Crippen LogP contribution in [-0.2, 0) is 20.9 Å². The van der Waals surface area contributed by atoms with Gasteiger partial charge in [-0.1, -0.05) is 66.2 Å². The molecule has 3 aromatic carbocycles. The summed E-state index contributed by atoms with van der Waals surface area (Å²) in [5, 5.41) is 3.46. The molecule has 0 saturated carbocycles. The lowest BCUT2D eigenvalue weighted by atomic mass is 10.0. The van der Waals surface area contributed by atoms with Crippen molar-refractivity contribution in [1.82, 2.24) is 15.1 Å². The van der Waals surface area contributed by atoms with Gasteiger partial charge < -0.3 is 24.4 Å². The average Bonchev–Trinajstić information content (AvgIpc) is 2.98. The number of morpholine rings is 1. The van der Waals surface area contributed by atoms with Gasteiger partial charge in [-0.3, -0.25) is 14.5 Å². The van der Waals surface area contributed by atoms with E-state index in [0.29, 0.717) is 48.4 Å². The van der Waals surface area contributed by atoms with Crippen molar-refractivity contribution in [2.45, 2.75) is 12.6 Å². The molecule has 0 radical (unpaired) electrons. The number of nitrogens with zero attached hydrogens (tertiary/aromatic N) is 2. The first-order chi connectivity index (χ1) is 19.0. The number of nitrogens with one attached hydrogen (secondary N) is 1. The van der Waals surface area contributed by atoms with Crippen LogP contribution in [0, 0.1) is 0 Å². The lowest BCUT2D eigenvalue weighted by Gasteiger charge is -2.32. The van der Waals surface area contributed by atoms with E-state index in [1.807, 2.05) is 54.6 Å². The highest BCUT2D eigenvalue weighted by molar-refractivity contribution is 6.32. The molecule has 1 atom stereocenters. The Balaban J connectivity index is 1.57. The number of rotatable bonds is 12. The van der Waals surface area contributed by atoms with E-state index in [2.05, 4.69) is 10.2 Å². The van der Waals surface area contributed by atoms with Crippen LogP contribution < -0.4 is 14.8 Å². The molecule has 9 heteroatoms. The summed E-state index contributed by atoms with van der Waals surface area (Å²) in [6.07, 6.45) is 0. The number of para-hydroxylation sites is 1. The second-order valence-electron chi connectivity index (χ2n) is 9.15. The number of carbonyl (C=O) groups excluding carboxylic acids is 2. The van der Waals surface area contributed by atoms with Crippen molar-refractivity contribution >= 4 is 23.4 Å². The first kappa shape index (κ1) is 28.4. The van der Waals surface area contributed by atoms with Crippen molar-refractivity contribution in [3.8, 4) is 11.5 Å². The number of hydrogen-bond donors (Lipinski definition) is 1. The highest BCUT2D eigenvalue weighted by atomic mass is 35.5. The van der Waals surface area contributed by atoms with Gasteiger partial charge in [0.25, 0.3) is 5.91 Å². The van der Waals surface area contributed by atoms with E-state index in [-0.39, 0.29) is 25.0 Å². The molecule has 206 valence electrons. The first-order valence-electron chi connectivity index (χ1n) is 13.0. The van der Waals surface area contributed by atoms with Gasteiger partial charge in [-0.15, -0.1) is 0 Å². The fourth-order valence-corrected chi connectivity index (χ4v) is 4.59. The molecule has 1 N–H and O–H groups in total. The fourth-order valence-electron chi connectivity index (χ4n) is 4.40. The maximum atomic E-state index is 13.7. The summed E-state index contributed by atoms with van der Waals surface area (Å²) >= 11 is 6.24. The molecule has 0 spiro atoms. The summed E-state index contributed by atoms with van der Waals surface area (Å²) in [4.78, 5) is 31.2. The Morgan fingerprint density at radius 3 is 2.38 bits per heavy atom. The van der Waals surface area contributed by atoms with Crippen LogP contribution in [0.2, 0.25) is 5.02 Å². The lowest BCUT2D eigenvalue weighted by molar-refractivity contribution is -0.143. The zero-order valence-corrected chi connectivity index (χ0v) is 22.8. The molecule has 1 fully saturated rings. The van der Waals surface area contributed by atoms with E-state index in [4.69, 9.17) is 25.8 Å². The number of amides is 2. The smallest absolute Gasteiger partial charge is 0.261 e. The molecule has 4 rings (SSSR count).